The van der Waals surface area contributed by atoms with Gasteiger partial charge in [0.05, 0.1) is 0 Å². The van der Waals surface area contributed by atoms with Gasteiger partial charge in [-0.3, -0.25) is 4.79 Å². The molecule has 4 heteroatoms. The Labute approximate surface area is 150 Å². The zero-order chi connectivity index (χ0) is 18.8. The van der Waals surface area contributed by atoms with Crippen molar-refractivity contribution in [2.75, 3.05) is 0 Å². The number of aliphatic carboxylic acids is 1. The first-order chi connectivity index (χ1) is 11.7. The van der Waals surface area contributed by atoms with Gasteiger partial charge in [-0.05, 0) is 44.4 Å². The second-order valence-corrected chi connectivity index (χ2v) is 7.69. The van der Waals surface area contributed by atoms with Crippen molar-refractivity contribution in [3.8, 4) is 0 Å². The molecule has 25 heavy (non-hydrogen) atoms. The molecule has 0 saturated heterocycles. The number of hydrogen-bond acceptors (Lipinski definition) is 3. The maximum Gasteiger partial charge on any atom is 0.328 e. The average Bonchev–Trinajstić information content (AvgIpc) is 2.55. The molecule has 0 spiro atoms. The van der Waals surface area contributed by atoms with Crippen LogP contribution in [0.25, 0.3) is 0 Å². The Morgan fingerprint density at radius 2 is 1.96 bits per heavy atom. The van der Waals surface area contributed by atoms with Gasteiger partial charge in [0, 0.05) is 17.9 Å². The molecular weight excluding hydrogens is 316 g/mol. The van der Waals surface area contributed by atoms with Gasteiger partial charge >= 0.3 is 5.97 Å². The summed E-state index contributed by atoms with van der Waals surface area (Å²) < 4.78 is 0. The molecule has 0 radical (unpaired) electrons. The standard InChI is InChI=1S/C21H30O4/c1-5-13(2)18-15(4)20(24)21(25)12-8-9-14(3)19(21)16(18)10-6-7-11-17(22)23/h5-7,10-11,14-16,18-19,25H,8-9,12H2,1-4H3,(H,22,23)/b10-6+,11-7+,13-5+/t14-,15+,16-,18+,19?,21+/m0/s1. The van der Waals surface area contributed by atoms with Crippen LogP contribution in [0.2, 0.25) is 0 Å². The lowest BCUT2D eigenvalue weighted by molar-refractivity contribution is -0.172. The molecule has 0 aromatic carbocycles. The minimum Gasteiger partial charge on any atom is -0.478 e. The Morgan fingerprint density at radius 3 is 2.56 bits per heavy atom. The number of aliphatic hydroxyl groups is 1. The van der Waals surface area contributed by atoms with Crippen LogP contribution in [0, 0.1) is 29.6 Å². The van der Waals surface area contributed by atoms with Gasteiger partial charge in [-0.1, -0.05) is 50.1 Å². The first kappa shape index (κ1) is 19.6. The summed E-state index contributed by atoms with van der Waals surface area (Å²) in [5.74, 6) is -1.08. The molecule has 1 unspecified atom stereocenters. The largest absolute Gasteiger partial charge is 0.478 e. The normalized spacial score (nSPS) is 39.8. The lowest BCUT2D eigenvalue weighted by atomic mass is 9.51. The lowest BCUT2D eigenvalue weighted by Crippen LogP contribution is -2.61. The average molecular weight is 346 g/mol. The Hall–Kier alpha value is -1.68. The molecule has 2 fully saturated rings. The number of carboxylic acids is 1. The Morgan fingerprint density at radius 1 is 1.28 bits per heavy atom. The quantitative estimate of drug-likeness (QED) is 0.462. The van der Waals surface area contributed by atoms with E-state index in [0.29, 0.717) is 6.42 Å². The Balaban J connectivity index is 2.49. The summed E-state index contributed by atoms with van der Waals surface area (Å²) in [6, 6.07) is 0. The number of ketones is 1. The maximum absolute atomic E-state index is 13.0. The summed E-state index contributed by atoms with van der Waals surface area (Å²) in [6.45, 7) is 8.05. The molecule has 2 aliphatic carbocycles. The van der Waals surface area contributed by atoms with Gasteiger partial charge in [0.15, 0.2) is 5.78 Å². The van der Waals surface area contributed by atoms with Gasteiger partial charge < -0.3 is 10.2 Å². The number of fused-ring (bicyclic) bond motifs is 1. The van der Waals surface area contributed by atoms with Crippen LogP contribution in [-0.2, 0) is 9.59 Å². The van der Waals surface area contributed by atoms with Crippen LogP contribution in [0.5, 0.6) is 0 Å². The van der Waals surface area contributed by atoms with Crippen molar-refractivity contribution in [3.05, 3.63) is 36.0 Å². The molecule has 0 amide bonds. The number of hydrogen-bond donors (Lipinski definition) is 2. The molecule has 0 aromatic heterocycles. The summed E-state index contributed by atoms with van der Waals surface area (Å²) in [6.07, 6.45) is 10.8. The third kappa shape index (κ3) is 3.64. The smallest absolute Gasteiger partial charge is 0.328 e. The molecule has 2 saturated carbocycles. The monoisotopic (exact) mass is 346 g/mol. The van der Waals surface area contributed by atoms with E-state index in [1.165, 1.54) is 6.08 Å². The van der Waals surface area contributed by atoms with Gasteiger partial charge in [0.2, 0.25) is 0 Å². The number of allylic oxidation sites excluding steroid dienone is 5. The van der Waals surface area contributed by atoms with E-state index in [-0.39, 0.29) is 35.4 Å². The molecule has 138 valence electrons. The van der Waals surface area contributed by atoms with E-state index < -0.39 is 11.6 Å². The minimum atomic E-state index is -1.26. The number of carboxylic acid groups (broad SMARTS) is 1. The van der Waals surface area contributed by atoms with E-state index in [0.717, 1.165) is 24.5 Å². The first-order valence-electron chi connectivity index (χ1n) is 9.21. The van der Waals surface area contributed by atoms with Gasteiger partial charge in [0.1, 0.15) is 5.60 Å². The number of rotatable bonds is 4. The molecule has 2 rings (SSSR count). The second-order valence-electron chi connectivity index (χ2n) is 7.69. The highest BCUT2D eigenvalue weighted by Crippen LogP contribution is 2.53. The van der Waals surface area contributed by atoms with E-state index in [1.807, 2.05) is 32.9 Å². The van der Waals surface area contributed by atoms with Gasteiger partial charge in [-0.2, -0.15) is 0 Å². The van der Waals surface area contributed by atoms with Crippen LogP contribution >= 0.6 is 0 Å². The van der Waals surface area contributed by atoms with Crippen molar-refractivity contribution in [2.45, 2.75) is 52.6 Å². The number of Topliss-reactive ketones (excluding diaryl/α,β-unsaturated/α-hetero) is 1. The van der Waals surface area contributed by atoms with Crippen molar-refractivity contribution < 1.29 is 19.8 Å². The molecule has 6 atom stereocenters. The fraction of sp³-hybridized carbons (Fsp3) is 0.619. The second kappa shape index (κ2) is 7.69. The van der Waals surface area contributed by atoms with Gasteiger partial charge in [0.25, 0.3) is 0 Å². The van der Waals surface area contributed by atoms with Crippen molar-refractivity contribution in [2.24, 2.45) is 29.6 Å². The van der Waals surface area contributed by atoms with Crippen LogP contribution in [0.1, 0.15) is 47.0 Å². The molecule has 2 N–H and O–H groups in total. The van der Waals surface area contributed by atoms with E-state index in [2.05, 4.69) is 6.92 Å². The Kier molecular flexibility index (Phi) is 6.04. The van der Waals surface area contributed by atoms with Gasteiger partial charge in [-0.25, -0.2) is 4.79 Å². The molecule has 0 heterocycles. The highest BCUT2D eigenvalue weighted by Gasteiger charge is 2.58. The lowest BCUT2D eigenvalue weighted by Gasteiger charge is -2.54. The highest BCUT2D eigenvalue weighted by molar-refractivity contribution is 5.91. The van der Waals surface area contributed by atoms with E-state index in [9.17, 15) is 14.7 Å². The van der Waals surface area contributed by atoms with Crippen molar-refractivity contribution in [1.82, 2.24) is 0 Å². The predicted octanol–water partition coefficient (Wildman–Crippen LogP) is 3.77. The molecule has 0 aliphatic heterocycles. The van der Waals surface area contributed by atoms with Crippen LogP contribution in [0.4, 0.5) is 0 Å². The van der Waals surface area contributed by atoms with Crippen LogP contribution in [0.15, 0.2) is 36.0 Å². The summed E-state index contributed by atoms with van der Waals surface area (Å²) in [5, 5.41) is 20.0. The summed E-state index contributed by atoms with van der Waals surface area (Å²) in [4.78, 5) is 23.7. The topological polar surface area (TPSA) is 74.6 Å². The molecule has 4 nitrogen and oxygen atoms in total. The van der Waals surface area contributed by atoms with Gasteiger partial charge in [-0.15, -0.1) is 0 Å². The zero-order valence-corrected chi connectivity index (χ0v) is 15.6. The SMILES string of the molecule is C/C=C(\C)[C@H]1[C@H](/C=C/C=C/C(=O)O)C2[C@@H](C)CCC[C@]2(O)C(=O)[C@@H]1C. The van der Waals surface area contributed by atoms with Crippen molar-refractivity contribution in [3.63, 3.8) is 0 Å². The van der Waals surface area contributed by atoms with E-state index >= 15 is 0 Å². The number of carbonyl (C=O) groups excluding carboxylic acids is 1. The Bertz CT molecular complexity index is 615. The predicted molar refractivity (Wildman–Crippen MR) is 98.0 cm³/mol. The summed E-state index contributed by atoms with van der Waals surface area (Å²) in [5.41, 5.74) is -0.106. The molecule has 0 bridgehead atoms. The first-order valence-corrected chi connectivity index (χ1v) is 9.21. The zero-order valence-electron chi connectivity index (χ0n) is 15.6. The fourth-order valence-electron chi connectivity index (χ4n) is 5.07. The summed E-state index contributed by atoms with van der Waals surface area (Å²) in [7, 11) is 0. The van der Waals surface area contributed by atoms with Crippen LogP contribution < -0.4 is 0 Å². The fourth-order valence-corrected chi connectivity index (χ4v) is 5.07. The minimum absolute atomic E-state index is 0.0163. The summed E-state index contributed by atoms with van der Waals surface area (Å²) >= 11 is 0. The molecular formula is C21H30O4. The van der Waals surface area contributed by atoms with E-state index in [4.69, 9.17) is 5.11 Å². The third-order valence-corrected chi connectivity index (χ3v) is 6.25. The maximum atomic E-state index is 13.0. The van der Waals surface area contributed by atoms with Crippen molar-refractivity contribution in [1.29, 1.82) is 0 Å². The molecule has 2 aliphatic rings. The highest BCUT2D eigenvalue weighted by atomic mass is 16.4. The third-order valence-electron chi connectivity index (χ3n) is 6.25. The molecule has 0 aromatic rings. The number of carbonyl (C=O) groups is 2. The van der Waals surface area contributed by atoms with Crippen LogP contribution in [-0.4, -0.2) is 27.6 Å². The van der Waals surface area contributed by atoms with E-state index in [1.54, 1.807) is 6.08 Å². The van der Waals surface area contributed by atoms with Crippen LogP contribution in [0.3, 0.4) is 0 Å². The van der Waals surface area contributed by atoms with Crippen molar-refractivity contribution >= 4 is 11.8 Å².